The van der Waals surface area contributed by atoms with Gasteiger partial charge in [-0.3, -0.25) is 0 Å². The summed E-state index contributed by atoms with van der Waals surface area (Å²) in [6.45, 7) is 0. The average molecular weight is 233 g/mol. The number of rotatable bonds is 1. The number of aromatic nitrogens is 4. The minimum atomic E-state index is -1.97. The van der Waals surface area contributed by atoms with Crippen molar-refractivity contribution in [1.82, 2.24) is 18.4 Å². The number of hydrogen-bond donors (Lipinski definition) is 0. The van der Waals surface area contributed by atoms with Crippen molar-refractivity contribution in [3.05, 3.63) is 6.33 Å². The molecule has 50 valence electrons. The zero-order chi connectivity index (χ0) is 6.91. The fraction of sp³-hybridized carbons (Fsp3) is 0.750. The number of hydrogen-bond acceptors (Lipinski definition) is 3. The number of nitrogens with zero attached hydrogens (tertiary/aromatic N) is 4. The fourth-order valence-electron chi connectivity index (χ4n) is 0.469. The van der Waals surface area contributed by atoms with Gasteiger partial charge in [-0.15, -0.1) is 0 Å². The molecule has 0 N–H and O–H groups in total. The van der Waals surface area contributed by atoms with E-state index in [-0.39, 0.29) is 0 Å². The average Bonchev–Trinajstić information content (AvgIpc) is 2.08. The van der Waals surface area contributed by atoms with Crippen LogP contribution in [0.5, 0.6) is 0 Å². The van der Waals surface area contributed by atoms with E-state index in [1.807, 2.05) is 2.90 Å². The van der Waals surface area contributed by atoms with Crippen LogP contribution in [-0.2, 0) is 0 Å². The number of tetrazole rings is 1. The zero-order valence-corrected chi connectivity index (χ0v) is 8.72. The van der Waals surface area contributed by atoms with Gasteiger partial charge in [-0.25, -0.2) is 0 Å². The summed E-state index contributed by atoms with van der Waals surface area (Å²) in [7, 11) is 0. The van der Waals surface area contributed by atoms with Gasteiger partial charge in [-0.2, -0.15) is 0 Å². The molecule has 0 saturated heterocycles. The quantitative estimate of drug-likeness (QED) is 0.657. The molecule has 1 aromatic rings. The maximum atomic E-state index is 3.84. The van der Waals surface area contributed by atoms with Gasteiger partial charge in [0.1, 0.15) is 0 Å². The molecular weight excluding hydrogens is 223 g/mol. The second-order valence-electron chi connectivity index (χ2n) is 2.93. The Kier molecular flexibility index (Phi) is 1.74. The first-order valence-corrected chi connectivity index (χ1v) is 12.7. The van der Waals surface area contributed by atoms with Crippen LogP contribution in [0, 0.1) is 0 Å². The van der Waals surface area contributed by atoms with Crippen LogP contribution in [0.15, 0.2) is 6.33 Å². The predicted octanol–water partition coefficient (Wildman–Crippen LogP) is 0.356. The van der Waals surface area contributed by atoms with Crippen molar-refractivity contribution in [2.45, 2.75) is 14.8 Å². The standard InChI is InChI=1S/CHN4.3CH3.Sn/c1-2-4-5-3-1;;;;/h1H;3*1H3;/q-1;;;;+1. The Labute approximate surface area is 58.5 Å². The van der Waals surface area contributed by atoms with Gasteiger partial charge >= 0.3 is 58.2 Å². The second-order valence-corrected chi connectivity index (χ2v) is 16.6. The van der Waals surface area contributed by atoms with E-state index in [0.717, 1.165) is 0 Å². The normalized spacial score (nSPS) is 11.9. The molecule has 0 fully saturated rings. The summed E-state index contributed by atoms with van der Waals surface area (Å²) in [5, 5.41) is 11.0. The Balaban J connectivity index is 2.90. The second kappa shape index (κ2) is 2.24. The molecule has 0 aliphatic carbocycles. The van der Waals surface area contributed by atoms with Gasteiger partial charge in [0.15, 0.2) is 0 Å². The monoisotopic (exact) mass is 234 g/mol. The summed E-state index contributed by atoms with van der Waals surface area (Å²) in [6, 6.07) is 0. The molecule has 1 rings (SSSR count). The molecule has 1 heterocycles. The van der Waals surface area contributed by atoms with E-state index in [9.17, 15) is 0 Å². The van der Waals surface area contributed by atoms with Crippen molar-refractivity contribution in [3.8, 4) is 0 Å². The van der Waals surface area contributed by atoms with Crippen molar-refractivity contribution >= 4 is 18.7 Å². The molecule has 0 atom stereocenters. The fourth-order valence-corrected chi connectivity index (χ4v) is 2.48. The van der Waals surface area contributed by atoms with Crippen LogP contribution in [0.1, 0.15) is 0 Å². The molecule has 0 saturated carbocycles. The van der Waals surface area contributed by atoms with Crippen LogP contribution < -0.4 is 0 Å². The van der Waals surface area contributed by atoms with Gasteiger partial charge in [0, 0.05) is 0 Å². The summed E-state index contributed by atoms with van der Waals surface area (Å²) >= 11 is -1.97. The summed E-state index contributed by atoms with van der Waals surface area (Å²) in [6.07, 6.45) is 1.70. The van der Waals surface area contributed by atoms with E-state index in [4.69, 9.17) is 0 Å². The molecule has 0 aliphatic rings. The van der Waals surface area contributed by atoms with E-state index in [1.165, 1.54) is 0 Å². The molecule has 0 radical (unpaired) electrons. The Hall–Kier alpha value is -0.131. The van der Waals surface area contributed by atoms with Gasteiger partial charge in [0.05, 0.1) is 0 Å². The van der Waals surface area contributed by atoms with Crippen molar-refractivity contribution in [3.63, 3.8) is 0 Å². The molecule has 0 bridgehead atoms. The first-order chi connectivity index (χ1) is 4.11. The first kappa shape index (κ1) is 6.98. The van der Waals surface area contributed by atoms with E-state index >= 15 is 0 Å². The molecular formula is C4H10N4Sn. The summed E-state index contributed by atoms with van der Waals surface area (Å²) in [5.41, 5.74) is 0. The molecule has 4 nitrogen and oxygen atoms in total. The third-order valence-corrected chi connectivity index (χ3v) is 5.54. The molecule has 0 aromatic carbocycles. The molecule has 9 heavy (non-hydrogen) atoms. The van der Waals surface area contributed by atoms with Gasteiger partial charge in [-0.05, 0) is 0 Å². The van der Waals surface area contributed by atoms with Gasteiger partial charge in [0.25, 0.3) is 0 Å². The Morgan fingerprint density at radius 2 is 2.00 bits per heavy atom. The Bertz CT molecular complexity index is 175. The zero-order valence-electron chi connectivity index (χ0n) is 5.87. The van der Waals surface area contributed by atoms with Crippen molar-refractivity contribution < 1.29 is 0 Å². The third-order valence-electron chi connectivity index (χ3n) is 1.04. The van der Waals surface area contributed by atoms with E-state index < -0.39 is 18.7 Å². The molecule has 0 aliphatic heterocycles. The van der Waals surface area contributed by atoms with Crippen LogP contribution in [0.25, 0.3) is 0 Å². The SMILES string of the molecule is [CH3][Sn]([CH3])([CH3])[n]1cnnn1. The van der Waals surface area contributed by atoms with Crippen molar-refractivity contribution in [2.75, 3.05) is 0 Å². The molecule has 0 unspecified atom stereocenters. The van der Waals surface area contributed by atoms with Crippen LogP contribution >= 0.6 is 0 Å². The molecule has 5 heteroatoms. The van der Waals surface area contributed by atoms with Crippen molar-refractivity contribution in [1.29, 1.82) is 0 Å². The van der Waals surface area contributed by atoms with Gasteiger partial charge in [-0.1, -0.05) is 0 Å². The topological polar surface area (TPSA) is 43.6 Å². The predicted molar refractivity (Wildman–Crippen MR) is 36.6 cm³/mol. The minimum absolute atomic E-state index is 1.70. The van der Waals surface area contributed by atoms with Gasteiger partial charge in [0.2, 0.25) is 0 Å². The first-order valence-electron chi connectivity index (χ1n) is 2.84. The van der Waals surface area contributed by atoms with Gasteiger partial charge < -0.3 is 0 Å². The third kappa shape index (κ3) is 1.64. The van der Waals surface area contributed by atoms with Crippen molar-refractivity contribution in [2.24, 2.45) is 0 Å². The van der Waals surface area contributed by atoms with Crippen LogP contribution in [0.3, 0.4) is 0 Å². The Morgan fingerprint density at radius 3 is 2.22 bits per heavy atom. The summed E-state index contributed by atoms with van der Waals surface area (Å²) in [5.74, 6) is 0. The molecule has 0 amide bonds. The van der Waals surface area contributed by atoms with Crippen LogP contribution in [-0.4, -0.2) is 37.1 Å². The van der Waals surface area contributed by atoms with E-state index in [1.54, 1.807) is 6.33 Å². The summed E-state index contributed by atoms with van der Waals surface area (Å²) < 4.78 is 1.93. The maximum absolute atomic E-state index is 3.84. The van der Waals surface area contributed by atoms with E-state index in [0.29, 0.717) is 0 Å². The van der Waals surface area contributed by atoms with Crippen LogP contribution in [0.4, 0.5) is 0 Å². The molecule has 0 spiro atoms. The molecule has 1 aromatic heterocycles. The summed E-state index contributed by atoms with van der Waals surface area (Å²) in [4.78, 5) is 6.76. The van der Waals surface area contributed by atoms with Crippen LogP contribution in [0.2, 0.25) is 14.8 Å². The van der Waals surface area contributed by atoms with E-state index in [2.05, 4.69) is 30.3 Å². The Morgan fingerprint density at radius 1 is 1.33 bits per heavy atom.